The molecule has 0 spiro atoms. The number of nitrogens with two attached hydrogens (primary N) is 1. The summed E-state index contributed by atoms with van der Waals surface area (Å²) in [5, 5.41) is 9.55. The fourth-order valence-corrected chi connectivity index (χ4v) is 3.81. The molecule has 0 heterocycles. The molecule has 2 aromatic rings. The molecule has 1 atom stereocenters. The third-order valence-corrected chi connectivity index (χ3v) is 5.44. The predicted molar refractivity (Wildman–Crippen MR) is 98.3 cm³/mol. The fourth-order valence-electron chi connectivity index (χ4n) is 2.33. The van der Waals surface area contributed by atoms with Crippen molar-refractivity contribution in [3.8, 4) is 0 Å². The van der Waals surface area contributed by atoms with E-state index in [1.54, 1.807) is 19.1 Å². The summed E-state index contributed by atoms with van der Waals surface area (Å²) in [6, 6.07) is 12.2. The standard InChI is InChI=1S/C18H22N2O5S/c1-3-25-18(22)14-6-8-15(9-7-14)20(12-17(19)21)26(23,24)16-10-4-13(2)5-11-16/h4-11,17,21H,3,12,19H2,1-2H3/t17-/m0/s1. The highest BCUT2D eigenvalue weighted by atomic mass is 32.2. The number of esters is 1. The van der Waals surface area contributed by atoms with E-state index in [1.165, 1.54) is 36.4 Å². The molecule has 0 saturated heterocycles. The van der Waals surface area contributed by atoms with Crippen LogP contribution in [0.25, 0.3) is 0 Å². The number of benzene rings is 2. The number of aryl methyl sites for hydroxylation is 1. The van der Waals surface area contributed by atoms with Gasteiger partial charge in [-0.1, -0.05) is 17.7 Å². The number of carbonyl (C=O) groups is 1. The van der Waals surface area contributed by atoms with E-state index in [9.17, 15) is 18.3 Å². The summed E-state index contributed by atoms with van der Waals surface area (Å²) in [6.45, 7) is 3.47. The van der Waals surface area contributed by atoms with Crippen LogP contribution in [0.4, 0.5) is 5.69 Å². The summed E-state index contributed by atoms with van der Waals surface area (Å²) in [4.78, 5) is 11.8. The van der Waals surface area contributed by atoms with E-state index in [1.807, 2.05) is 6.92 Å². The van der Waals surface area contributed by atoms with Crippen LogP contribution in [0.1, 0.15) is 22.8 Å². The lowest BCUT2D eigenvalue weighted by atomic mass is 10.2. The number of anilines is 1. The van der Waals surface area contributed by atoms with Crippen molar-refractivity contribution in [1.29, 1.82) is 0 Å². The molecule has 7 nitrogen and oxygen atoms in total. The first-order valence-corrected chi connectivity index (χ1v) is 9.50. The Morgan fingerprint density at radius 1 is 1.15 bits per heavy atom. The third-order valence-electron chi connectivity index (χ3n) is 3.63. The molecule has 3 N–H and O–H groups in total. The predicted octanol–water partition coefficient (Wildman–Crippen LogP) is 1.64. The molecule has 0 saturated carbocycles. The van der Waals surface area contributed by atoms with Gasteiger partial charge in [-0.05, 0) is 50.2 Å². The van der Waals surface area contributed by atoms with Crippen LogP contribution in [-0.2, 0) is 14.8 Å². The Morgan fingerprint density at radius 2 is 1.73 bits per heavy atom. The highest BCUT2D eigenvalue weighted by Crippen LogP contribution is 2.24. The minimum atomic E-state index is -3.93. The topological polar surface area (TPSA) is 110 Å². The second-order valence-corrected chi connectivity index (χ2v) is 7.55. The molecule has 0 fully saturated rings. The Kier molecular flexibility index (Phi) is 6.36. The van der Waals surface area contributed by atoms with Crippen molar-refractivity contribution in [1.82, 2.24) is 0 Å². The smallest absolute Gasteiger partial charge is 0.338 e. The molecule has 0 radical (unpaired) electrons. The maximum Gasteiger partial charge on any atom is 0.338 e. The largest absolute Gasteiger partial charge is 0.462 e. The molecule has 0 bridgehead atoms. The van der Waals surface area contributed by atoms with Crippen LogP contribution in [-0.4, -0.2) is 38.9 Å². The van der Waals surface area contributed by atoms with Crippen molar-refractivity contribution in [3.05, 3.63) is 59.7 Å². The zero-order valence-electron chi connectivity index (χ0n) is 14.6. The number of aliphatic hydroxyl groups is 1. The number of carbonyl (C=O) groups excluding carboxylic acids is 1. The van der Waals surface area contributed by atoms with E-state index >= 15 is 0 Å². The second kappa shape index (κ2) is 8.31. The van der Waals surface area contributed by atoms with Gasteiger partial charge in [-0.2, -0.15) is 0 Å². The maximum atomic E-state index is 13.0. The van der Waals surface area contributed by atoms with E-state index in [4.69, 9.17) is 10.5 Å². The fraction of sp³-hybridized carbons (Fsp3) is 0.278. The SMILES string of the molecule is CCOC(=O)c1ccc(N(C[C@@H](N)O)S(=O)(=O)c2ccc(C)cc2)cc1. The highest BCUT2D eigenvalue weighted by molar-refractivity contribution is 7.92. The Bertz CT molecular complexity index is 846. The number of hydrogen-bond acceptors (Lipinski definition) is 6. The van der Waals surface area contributed by atoms with Crippen LogP contribution in [0.2, 0.25) is 0 Å². The van der Waals surface area contributed by atoms with E-state index < -0.39 is 22.2 Å². The van der Waals surface area contributed by atoms with Gasteiger partial charge in [0, 0.05) is 0 Å². The van der Waals surface area contributed by atoms with Crippen LogP contribution in [0.3, 0.4) is 0 Å². The summed E-state index contributed by atoms with van der Waals surface area (Å²) in [7, 11) is -3.93. The minimum absolute atomic E-state index is 0.0817. The number of rotatable bonds is 7. The van der Waals surface area contributed by atoms with E-state index in [0.717, 1.165) is 9.87 Å². The number of hydrogen-bond donors (Lipinski definition) is 2. The molecule has 0 amide bonds. The van der Waals surface area contributed by atoms with Gasteiger partial charge in [-0.3, -0.25) is 4.31 Å². The lowest BCUT2D eigenvalue weighted by molar-refractivity contribution is 0.0526. The molecule has 140 valence electrons. The molecular weight excluding hydrogens is 356 g/mol. The van der Waals surface area contributed by atoms with Crippen LogP contribution < -0.4 is 10.0 Å². The molecule has 0 aliphatic rings. The molecule has 0 unspecified atom stereocenters. The normalized spacial score (nSPS) is 12.5. The van der Waals surface area contributed by atoms with Crippen molar-refractivity contribution in [2.24, 2.45) is 5.73 Å². The van der Waals surface area contributed by atoms with Crippen molar-refractivity contribution in [2.75, 3.05) is 17.5 Å². The lowest BCUT2D eigenvalue weighted by Gasteiger charge is -2.25. The lowest BCUT2D eigenvalue weighted by Crippen LogP contribution is -2.41. The van der Waals surface area contributed by atoms with Crippen LogP contribution in [0.15, 0.2) is 53.4 Å². The van der Waals surface area contributed by atoms with Crippen molar-refractivity contribution >= 4 is 21.7 Å². The number of ether oxygens (including phenoxy) is 1. The Morgan fingerprint density at radius 3 is 2.23 bits per heavy atom. The van der Waals surface area contributed by atoms with Gasteiger partial charge in [-0.15, -0.1) is 0 Å². The van der Waals surface area contributed by atoms with Crippen LogP contribution in [0.5, 0.6) is 0 Å². The van der Waals surface area contributed by atoms with E-state index in [2.05, 4.69) is 0 Å². The summed E-state index contributed by atoms with van der Waals surface area (Å²) in [5.74, 6) is -0.495. The Balaban J connectivity index is 2.41. The minimum Gasteiger partial charge on any atom is -0.462 e. The van der Waals surface area contributed by atoms with Gasteiger partial charge in [0.25, 0.3) is 10.0 Å². The summed E-state index contributed by atoms with van der Waals surface area (Å²) >= 11 is 0. The van der Waals surface area contributed by atoms with Crippen molar-refractivity contribution in [3.63, 3.8) is 0 Å². The van der Waals surface area contributed by atoms with Gasteiger partial charge < -0.3 is 15.6 Å². The summed E-state index contributed by atoms with van der Waals surface area (Å²) in [6.07, 6.45) is -1.36. The molecule has 0 aromatic heterocycles. The highest BCUT2D eigenvalue weighted by Gasteiger charge is 2.26. The van der Waals surface area contributed by atoms with Gasteiger partial charge in [0.05, 0.1) is 29.3 Å². The summed E-state index contributed by atoms with van der Waals surface area (Å²) in [5.41, 5.74) is 6.93. The molecule has 0 aliphatic carbocycles. The summed E-state index contributed by atoms with van der Waals surface area (Å²) < 4.78 is 31.9. The van der Waals surface area contributed by atoms with Gasteiger partial charge in [0.2, 0.25) is 0 Å². The first kappa shape index (κ1) is 19.9. The molecule has 2 aromatic carbocycles. The zero-order valence-corrected chi connectivity index (χ0v) is 15.4. The number of sulfonamides is 1. The maximum absolute atomic E-state index is 13.0. The molecule has 2 rings (SSSR count). The van der Waals surface area contributed by atoms with Gasteiger partial charge in [-0.25, -0.2) is 13.2 Å². The van der Waals surface area contributed by atoms with Crippen molar-refractivity contribution in [2.45, 2.75) is 25.0 Å². The van der Waals surface area contributed by atoms with E-state index in [-0.39, 0.29) is 23.7 Å². The molecule has 0 aliphatic heterocycles. The average Bonchev–Trinajstić information content (AvgIpc) is 2.60. The first-order valence-electron chi connectivity index (χ1n) is 8.06. The van der Waals surface area contributed by atoms with Crippen LogP contribution >= 0.6 is 0 Å². The van der Waals surface area contributed by atoms with Crippen molar-refractivity contribution < 1.29 is 23.1 Å². The second-order valence-electron chi connectivity index (χ2n) is 5.68. The van der Waals surface area contributed by atoms with E-state index in [0.29, 0.717) is 5.56 Å². The monoisotopic (exact) mass is 378 g/mol. The van der Waals surface area contributed by atoms with Gasteiger partial charge in [0.1, 0.15) is 6.23 Å². The molecule has 26 heavy (non-hydrogen) atoms. The number of aliphatic hydroxyl groups excluding tert-OH is 1. The molecule has 8 heteroatoms. The Labute approximate surface area is 153 Å². The average molecular weight is 378 g/mol. The van der Waals surface area contributed by atoms with Crippen LogP contribution in [0, 0.1) is 6.92 Å². The number of nitrogens with zero attached hydrogens (tertiary/aromatic N) is 1. The quantitative estimate of drug-likeness (QED) is 0.560. The third kappa shape index (κ3) is 4.60. The van der Waals surface area contributed by atoms with Gasteiger partial charge >= 0.3 is 5.97 Å². The van der Waals surface area contributed by atoms with Gasteiger partial charge in [0.15, 0.2) is 0 Å². The molecular formula is C18H22N2O5S. The first-order chi connectivity index (χ1) is 12.3. The zero-order chi connectivity index (χ0) is 19.3. The Hall–Kier alpha value is -2.42.